The summed E-state index contributed by atoms with van der Waals surface area (Å²) >= 11 is 6.79. The molecule has 2 aliphatic rings. The molecule has 2 heterocycles. The van der Waals surface area contributed by atoms with Gasteiger partial charge in [0.15, 0.2) is 5.69 Å². The monoisotopic (exact) mass is 431 g/mol. The van der Waals surface area contributed by atoms with Gasteiger partial charge >= 0.3 is 5.29 Å². The highest BCUT2D eigenvalue weighted by molar-refractivity contribution is 6.67. The minimum atomic E-state index is 0.259. The summed E-state index contributed by atoms with van der Waals surface area (Å²) < 4.78 is 0.535. The van der Waals surface area contributed by atoms with Crippen LogP contribution in [0.3, 0.4) is 0 Å². The molecule has 1 fully saturated rings. The zero-order chi connectivity index (χ0) is 21.3. The second-order valence-corrected chi connectivity index (χ2v) is 8.51. The Hall–Kier alpha value is -2.50. The van der Waals surface area contributed by atoms with Crippen LogP contribution in [-0.4, -0.2) is 47.9 Å². The molecule has 0 N–H and O–H groups in total. The second-order valence-electron chi connectivity index (χ2n) is 8.17. The molecule has 3 aromatic carbocycles. The highest BCUT2D eigenvalue weighted by Crippen LogP contribution is 2.43. The lowest BCUT2D eigenvalue weighted by Crippen LogP contribution is -2.67. The largest absolute Gasteiger partial charge is 0.325 e. The van der Waals surface area contributed by atoms with E-state index in [0.717, 1.165) is 38.4 Å². The van der Waals surface area contributed by atoms with Crippen molar-refractivity contribution < 1.29 is 0 Å². The molecule has 5 heteroatoms. The fourth-order valence-electron chi connectivity index (χ4n) is 5.12. The van der Waals surface area contributed by atoms with Gasteiger partial charge in [0.2, 0.25) is 0 Å². The minimum absolute atomic E-state index is 0.259. The van der Waals surface area contributed by atoms with Crippen molar-refractivity contribution >= 4 is 28.3 Å². The molecule has 3 aromatic rings. The topological polar surface area (TPSA) is 18.8 Å². The van der Waals surface area contributed by atoms with Crippen LogP contribution in [0.1, 0.15) is 24.1 Å². The molecule has 0 bridgehead atoms. The van der Waals surface area contributed by atoms with E-state index in [0.29, 0.717) is 9.89 Å². The Morgan fingerprint density at radius 1 is 0.806 bits per heavy atom. The van der Waals surface area contributed by atoms with Crippen LogP contribution in [0.5, 0.6) is 0 Å². The molecule has 0 spiro atoms. The molecule has 158 valence electrons. The van der Waals surface area contributed by atoms with Crippen molar-refractivity contribution in [3.05, 3.63) is 96.1 Å². The van der Waals surface area contributed by atoms with Gasteiger partial charge in [-0.25, -0.2) is 0 Å². The summed E-state index contributed by atoms with van der Waals surface area (Å²) in [5, 5.41) is 3.14. The fraction of sp³-hybridized carbons (Fsp3) is 0.269. The van der Waals surface area contributed by atoms with E-state index in [1.807, 2.05) is 6.07 Å². The molecule has 0 radical (unpaired) electrons. The summed E-state index contributed by atoms with van der Waals surface area (Å²) in [6, 6.07) is 30.3. The number of hydrogen-bond acceptors (Lipinski definition) is 3. The molecule has 2 aliphatic heterocycles. The summed E-state index contributed by atoms with van der Waals surface area (Å²) in [4.78, 5) is 7.30. The van der Waals surface area contributed by atoms with E-state index < -0.39 is 0 Å². The minimum Gasteiger partial charge on any atom is -0.289 e. The molecule has 0 aliphatic carbocycles. The quantitative estimate of drug-likeness (QED) is 0.388. The maximum atomic E-state index is 6.79. The number of rotatable bonds is 5. The van der Waals surface area contributed by atoms with E-state index in [4.69, 9.17) is 16.6 Å². The zero-order valence-electron chi connectivity index (χ0n) is 17.9. The standard InChI is InChI=1S/C26H28ClN4/c1-2-31(24-16-10-9-15-23(24)28-26(31)27)30-19-17-29(18-20-30)25(21-11-5-3-6-12-21)22-13-7-4-8-14-22/h3-16,25H,2,17-20H2,1H3/q+1. The number of piperazine rings is 1. The number of para-hydroxylation sites is 2. The van der Waals surface area contributed by atoms with Crippen LogP contribution in [0.15, 0.2) is 89.9 Å². The average Bonchev–Trinajstić information content (AvgIpc) is 3.13. The van der Waals surface area contributed by atoms with Crippen LogP contribution >= 0.6 is 11.6 Å². The van der Waals surface area contributed by atoms with Crippen molar-refractivity contribution in [2.45, 2.75) is 13.0 Å². The van der Waals surface area contributed by atoms with Gasteiger partial charge in [0.1, 0.15) is 12.2 Å². The predicted octanol–water partition coefficient (Wildman–Crippen LogP) is 5.58. The number of benzene rings is 3. The van der Waals surface area contributed by atoms with Gasteiger partial charge in [0.25, 0.3) is 0 Å². The number of amidine groups is 1. The van der Waals surface area contributed by atoms with Crippen LogP contribution in [-0.2, 0) is 0 Å². The molecule has 4 nitrogen and oxygen atoms in total. The Labute approximate surface area is 189 Å². The number of quaternary nitrogens is 1. The first kappa shape index (κ1) is 20.4. The number of halogens is 1. The van der Waals surface area contributed by atoms with Gasteiger partial charge in [-0.05, 0) is 24.1 Å². The van der Waals surface area contributed by atoms with Gasteiger partial charge < -0.3 is 0 Å². The van der Waals surface area contributed by atoms with Crippen molar-refractivity contribution in [1.82, 2.24) is 14.5 Å². The van der Waals surface area contributed by atoms with Gasteiger partial charge in [-0.2, -0.15) is 9.58 Å². The predicted molar refractivity (Wildman–Crippen MR) is 130 cm³/mol. The van der Waals surface area contributed by atoms with Crippen molar-refractivity contribution in [3.8, 4) is 0 Å². The summed E-state index contributed by atoms with van der Waals surface area (Å²) in [5.41, 5.74) is 4.86. The maximum absolute atomic E-state index is 6.79. The van der Waals surface area contributed by atoms with Gasteiger partial charge in [0, 0.05) is 30.8 Å². The molecular weight excluding hydrogens is 404 g/mol. The summed E-state index contributed by atoms with van der Waals surface area (Å²) in [6.45, 7) is 6.87. The van der Waals surface area contributed by atoms with E-state index in [1.165, 1.54) is 16.8 Å². The molecule has 0 saturated carbocycles. The van der Waals surface area contributed by atoms with Gasteiger partial charge in [0.05, 0.1) is 19.1 Å². The highest BCUT2D eigenvalue weighted by Gasteiger charge is 2.48. The van der Waals surface area contributed by atoms with E-state index >= 15 is 0 Å². The first-order chi connectivity index (χ1) is 15.2. The molecule has 1 atom stereocenters. The van der Waals surface area contributed by atoms with Crippen molar-refractivity contribution in [1.29, 1.82) is 0 Å². The van der Waals surface area contributed by atoms with Crippen molar-refractivity contribution in [2.24, 2.45) is 4.99 Å². The Balaban J connectivity index is 1.42. The smallest absolute Gasteiger partial charge is 0.289 e. The molecule has 0 amide bonds. The Morgan fingerprint density at radius 3 is 1.94 bits per heavy atom. The van der Waals surface area contributed by atoms with E-state index in [9.17, 15) is 0 Å². The lowest BCUT2D eigenvalue weighted by atomic mass is 9.96. The van der Waals surface area contributed by atoms with Crippen LogP contribution in [0.25, 0.3) is 0 Å². The second kappa shape index (κ2) is 8.56. The zero-order valence-corrected chi connectivity index (χ0v) is 18.6. The van der Waals surface area contributed by atoms with E-state index in [2.05, 4.69) is 95.7 Å². The Bertz CT molecular complexity index is 1020. The normalized spacial score (nSPS) is 21.8. The molecule has 31 heavy (non-hydrogen) atoms. The third-order valence-corrected chi connectivity index (χ3v) is 6.99. The van der Waals surface area contributed by atoms with E-state index in [-0.39, 0.29) is 6.04 Å². The van der Waals surface area contributed by atoms with Crippen LogP contribution in [0.2, 0.25) is 0 Å². The number of hydrogen-bond donors (Lipinski definition) is 0. The summed E-state index contributed by atoms with van der Waals surface area (Å²) in [7, 11) is 0. The number of nitrogens with zero attached hydrogens (tertiary/aromatic N) is 4. The van der Waals surface area contributed by atoms with Crippen LogP contribution in [0, 0.1) is 0 Å². The lowest BCUT2D eigenvalue weighted by Gasteiger charge is -2.46. The fourth-order valence-corrected chi connectivity index (χ4v) is 5.53. The average molecular weight is 432 g/mol. The molecule has 5 rings (SSSR count). The highest BCUT2D eigenvalue weighted by atomic mass is 35.5. The van der Waals surface area contributed by atoms with Gasteiger partial charge in [-0.15, -0.1) is 5.01 Å². The summed E-state index contributed by atoms with van der Waals surface area (Å²) in [6.07, 6.45) is 0. The lowest BCUT2D eigenvalue weighted by molar-refractivity contribution is 0.000167. The summed E-state index contributed by atoms with van der Waals surface area (Å²) in [5.74, 6) is 0. The Kier molecular flexibility index (Phi) is 5.63. The molecule has 1 unspecified atom stereocenters. The third-order valence-electron chi connectivity index (χ3n) is 6.63. The maximum Gasteiger partial charge on any atom is 0.325 e. The Morgan fingerprint density at radius 2 is 1.35 bits per heavy atom. The van der Waals surface area contributed by atoms with Gasteiger partial charge in [-0.3, -0.25) is 4.90 Å². The number of fused-ring (bicyclic) bond motifs is 1. The molecule has 1 saturated heterocycles. The first-order valence-corrected chi connectivity index (χ1v) is 11.4. The van der Waals surface area contributed by atoms with Crippen molar-refractivity contribution in [2.75, 3.05) is 32.7 Å². The number of aliphatic imine (C=N–C) groups is 1. The van der Waals surface area contributed by atoms with E-state index in [1.54, 1.807) is 0 Å². The first-order valence-electron chi connectivity index (χ1n) is 11.1. The van der Waals surface area contributed by atoms with Gasteiger partial charge in [-0.1, -0.05) is 72.8 Å². The molecule has 0 aromatic heterocycles. The van der Waals surface area contributed by atoms with Crippen LogP contribution < -0.4 is 4.59 Å². The SMILES string of the molecule is CC[N+]1(N2CCN(C(c3ccccc3)c3ccccc3)CC2)C(Cl)=Nc2ccccc21. The molecular formula is C26H28ClN4+. The third kappa shape index (κ3) is 3.50. The van der Waals surface area contributed by atoms with Crippen molar-refractivity contribution in [3.63, 3.8) is 0 Å². The van der Waals surface area contributed by atoms with Crippen LogP contribution in [0.4, 0.5) is 11.4 Å².